The number of methoxy groups -OCH3 is 1. The maximum atomic E-state index is 11.6. The molecule has 96 valence electrons. The Labute approximate surface area is 101 Å². The van der Waals surface area contributed by atoms with Crippen molar-refractivity contribution >= 4 is 5.91 Å². The number of ether oxygens (including phenoxy) is 1. The van der Waals surface area contributed by atoms with Crippen molar-refractivity contribution in [1.29, 1.82) is 0 Å². The van der Waals surface area contributed by atoms with Crippen LogP contribution in [-0.4, -0.2) is 42.2 Å². The molecule has 17 heavy (non-hydrogen) atoms. The van der Waals surface area contributed by atoms with Gasteiger partial charge < -0.3 is 20.8 Å². The summed E-state index contributed by atoms with van der Waals surface area (Å²) in [6, 6.07) is -0.452. The van der Waals surface area contributed by atoms with Gasteiger partial charge in [0.25, 0.3) is 0 Å². The first-order chi connectivity index (χ1) is 8.24. The van der Waals surface area contributed by atoms with Gasteiger partial charge in [-0.25, -0.2) is 4.98 Å². The van der Waals surface area contributed by atoms with Crippen LogP contribution in [0.2, 0.25) is 0 Å². The molecule has 0 saturated carbocycles. The molecule has 4 N–H and O–H groups in total. The third-order valence-corrected chi connectivity index (χ3v) is 2.45. The predicted octanol–water partition coefficient (Wildman–Crippen LogP) is -0.178. The number of amides is 1. The molecule has 1 heterocycles. The topological polar surface area (TPSA) is 93.0 Å². The molecule has 0 fully saturated rings. The van der Waals surface area contributed by atoms with Gasteiger partial charge in [0.15, 0.2) is 0 Å². The van der Waals surface area contributed by atoms with Crippen molar-refractivity contribution < 1.29 is 9.53 Å². The number of carbonyl (C=O) groups is 1. The average molecular weight is 240 g/mol. The van der Waals surface area contributed by atoms with Crippen LogP contribution in [0, 0.1) is 0 Å². The fraction of sp³-hybridized carbons (Fsp3) is 0.636. The number of hydrogen-bond acceptors (Lipinski definition) is 4. The largest absolute Gasteiger partial charge is 0.385 e. The van der Waals surface area contributed by atoms with Crippen LogP contribution in [0.1, 0.15) is 18.5 Å². The Bertz CT molecular complexity index is 313. The van der Waals surface area contributed by atoms with Gasteiger partial charge in [0.2, 0.25) is 5.91 Å². The molecular weight excluding hydrogens is 220 g/mol. The van der Waals surface area contributed by atoms with E-state index in [1.807, 2.05) is 0 Å². The van der Waals surface area contributed by atoms with Crippen LogP contribution >= 0.6 is 0 Å². The molecular formula is C11H20N4O2. The lowest BCUT2D eigenvalue weighted by molar-refractivity contribution is -0.122. The van der Waals surface area contributed by atoms with Crippen molar-refractivity contribution in [3.05, 3.63) is 18.2 Å². The Hall–Kier alpha value is -1.40. The van der Waals surface area contributed by atoms with Crippen molar-refractivity contribution in [1.82, 2.24) is 15.3 Å². The lowest BCUT2D eigenvalue weighted by atomic mass is 10.1. The van der Waals surface area contributed by atoms with E-state index in [1.165, 1.54) is 0 Å². The molecule has 6 heteroatoms. The molecule has 1 unspecified atom stereocenters. The second-order valence-electron chi connectivity index (χ2n) is 3.86. The van der Waals surface area contributed by atoms with Gasteiger partial charge in [0.05, 0.1) is 12.4 Å². The van der Waals surface area contributed by atoms with E-state index in [4.69, 9.17) is 10.5 Å². The van der Waals surface area contributed by atoms with Gasteiger partial charge in [0, 0.05) is 38.6 Å². The Morgan fingerprint density at radius 2 is 2.53 bits per heavy atom. The normalized spacial score (nSPS) is 12.4. The quantitative estimate of drug-likeness (QED) is 0.550. The molecule has 0 saturated heterocycles. The number of rotatable bonds is 8. The first kappa shape index (κ1) is 13.7. The van der Waals surface area contributed by atoms with Crippen LogP contribution in [-0.2, 0) is 16.0 Å². The minimum Gasteiger partial charge on any atom is -0.385 e. The fourth-order valence-corrected chi connectivity index (χ4v) is 1.45. The monoisotopic (exact) mass is 240 g/mol. The Morgan fingerprint density at radius 3 is 3.18 bits per heavy atom. The highest BCUT2D eigenvalue weighted by Crippen LogP contribution is 1.95. The van der Waals surface area contributed by atoms with E-state index < -0.39 is 6.04 Å². The number of nitrogens with two attached hydrogens (primary N) is 1. The Kier molecular flexibility index (Phi) is 6.27. The Morgan fingerprint density at radius 1 is 1.71 bits per heavy atom. The zero-order valence-electron chi connectivity index (χ0n) is 10.1. The summed E-state index contributed by atoms with van der Waals surface area (Å²) in [5.41, 5.74) is 6.73. The van der Waals surface area contributed by atoms with Crippen LogP contribution in [0.15, 0.2) is 12.5 Å². The molecule has 0 bridgehead atoms. The lowest BCUT2D eigenvalue weighted by Gasteiger charge is -2.11. The summed E-state index contributed by atoms with van der Waals surface area (Å²) < 4.78 is 4.90. The van der Waals surface area contributed by atoms with Crippen molar-refractivity contribution in [2.24, 2.45) is 5.73 Å². The predicted molar refractivity (Wildman–Crippen MR) is 64.4 cm³/mol. The van der Waals surface area contributed by atoms with E-state index in [0.29, 0.717) is 19.6 Å². The molecule has 6 nitrogen and oxygen atoms in total. The third-order valence-electron chi connectivity index (χ3n) is 2.45. The summed E-state index contributed by atoms with van der Waals surface area (Å²) >= 11 is 0. The molecule has 0 spiro atoms. The molecule has 0 radical (unpaired) electrons. The number of nitrogens with one attached hydrogen (secondary N) is 2. The van der Waals surface area contributed by atoms with E-state index in [2.05, 4.69) is 15.3 Å². The molecule has 1 atom stereocenters. The summed E-state index contributed by atoms with van der Waals surface area (Å²) in [7, 11) is 1.63. The van der Waals surface area contributed by atoms with Crippen molar-refractivity contribution in [3.8, 4) is 0 Å². The number of aromatic nitrogens is 2. The fourth-order valence-electron chi connectivity index (χ4n) is 1.45. The SMILES string of the molecule is COCCCC(N)C(=O)NCCc1cnc[nH]1. The van der Waals surface area contributed by atoms with Crippen LogP contribution in [0.5, 0.6) is 0 Å². The Balaban J connectivity index is 2.11. The van der Waals surface area contributed by atoms with E-state index in [-0.39, 0.29) is 5.91 Å². The molecule has 0 aliphatic carbocycles. The minimum absolute atomic E-state index is 0.111. The first-order valence-corrected chi connectivity index (χ1v) is 5.73. The van der Waals surface area contributed by atoms with Crippen molar-refractivity contribution in [2.45, 2.75) is 25.3 Å². The smallest absolute Gasteiger partial charge is 0.236 e. The maximum Gasteiger partial charge on any atom is 0.236 e. The maximum absolute atomic E-state index is 11.6. The van der Waals surface area contributed by atoms with Gasteiger partial charge in [-0.3, -0.25) is 4.79 Å². The van der Waals surface area contributed by atoms with Crippen LogP contribution in [0.3, 0.4) is 0 Å². The van der Waals surface area contributed by atoms with E-state index in [9.17, 15) is 4.79 Å². The van der Waals surface area contributed by atoms with Crippen molar-refractivity contribution in [3.63, 3.8) is 0 Å². The van der Waals surface area contributed by atoms with Gasteiger partial charge in [-0.1, -0.05) is 0 Å². The second-order valence-corrected chi connectivity index (χ2v) is 3.86. The standard InChI is InChI=1S/C11H20N4O2/c1-17-6-2-3-10(12)11(16)14-5-4-9-7-13-8-15-9/h7-8,10H,2-6,12H2,1H3,(H,13,15)(H,14,16). The van der Waals surface area contributed by atoms with Gasteiger partial charge >= 0.3 is 0 Å². The summed E-state index contributed by atoms with van der Waals surface area (Å²) in [6.07, 6.45) is 5.53. The molecule has 0 aliphatic rings. The minimum atomic E-state index is -0.452. The summed E-state index contributed by atoms with van der Waals surface area (Å²) in [5, 5.41) is 2.80. The molecule has 0 aromatic carbocycles. The summed E-state index contributed by atoms with van der Waals surface area (Å²) in [4.78, 5) is 18.4. The third kappa shape index (κ3) is 5.46. The van der Waals surface area contributed by atoms with Gasteiger partial charge in [-0.2, -0.15) is 0 Å². The molecule has 1 aromatic heterocycles. The number of carbonyl (C=O) groups excluding carboxylic acids is 1. The van der Waals surface area contributed by atoms with Gasteiger partial charge in [0.1, 0.15) is 0 Å². The number of imidazole rings is 1. The number of hydrogen-bond donors (Lipinski definition) is 3. The zero-order valence-corrected chi connectivity index (χ0v) is 10.1. The second kappa shape index (κ2) is 7.81. The van der Waals surface area contributed by atoms with Gasteiger partial charge in [-0.05, 0) is 12.8 Å². The highest BCUT2D eigenvalue weighted by atomic mass is 16.5. The first-order valence-electron chi connectivity index (χ1n) is 5.73. The van der Waals surface area contributed by atoms with E-state index in [0.717, 1.165) is 18.5 Å². The number of aromatic amines is 1. The molecule has 0 aliphatic heterocycles. The average Bonchev–Trinajstić information content (AvgIpc) is 2.82. The molecule has 1 amide bonds. The van der Waals surface area contributed by atoms with E-state index in [1.54, 1.807) is 19.6 Å². The van der Waals surface area contributed by atoms with Gasteiger partial charge in [-0.15, -0.1) is 0 Å². The molecule has 1 aromatic rings. The molecule has 1 rings (SSSR count). The van der Waals surface area contributed by atoms with Crippen LogP contribution in [0.25, 0.3) is 0 Å². The highest BCUT2D eigenvalue weighted by molar-refractivity contribution is 5.81. The summed E-state index contributed by atoms with van der Waals surface area (Å²) in [5.74, 6) is -0.111. The lowest BCUT2D eigenvalue weighted by Crippen LogP contribution is -2.41. The number of nitrogens with zero attached hydrogens (tertiary/aromatic N) is 1. The van der Waals surface area contributed by atoms with E-state index >= 15 is 0 Å². The highest BCUT2D eigenvalue weighted by Gasteiger charge is 2.11. The number of H-pyrrole nitrogens is 1. The van der Waals surface area contributed by atoms with Crippen molar-refractivity contribution in [2.75, 3.05) is 20.3 Å². The van der Waals surface area contributed by atoms with Crippen LogP contribution < -0.4 is 11.1 Å². The zero-order chi connectivity index (χ0) is 12.5. The van der Waals surface area contributed by atoms with Crippen LogP contribution in [0.4, 0.5) is 0 Å². The summed E-state index contributed by atoms with van der Waals surface area (Å²) in [6.45, 7) is 1.20.